The van der Waals surface area contributed by atoms with Crippen molar-refractivity contribution < 1.29 is 28.5 Å². The number of amides is 1. The summed E-state index contributed by atoms with van der Waals surface area (Å²) in [6.07, 6.45) is 0. The number of ether oxygens (including phenoxy) is 4. The van der Waals surface area contributed by atoms with Crippen molar-refractivity contribution >= 4 is 17.6 Å². The van der Waals surface area contributed by atoms with Crippen LogP contribution in [0.3, 0.4) is 0 Å². The summed E-state index contributed by atoms with van der Waals surface area (Å²) in [7, 11) is 0. The van der Waals surface area contributed by atoms with E-state index in [9.17, 15) is 9.59 Å². The maximum Gasteiger partial charge on any atom is 0.344 e. The number of anilines is 1. The molecule has 1 amide bonds. The van der Waals surface area contributed by atoms with Crippen LogP contribution in [0.1, 0.15) is 25.0 Å². The van der Waals surface area contributed by atoms with E-state index in [1.165, 1.54) is 0 Å². The second-order valence-electron chi connectivity index (χ2n) is 6.35. The molecule has 0 aliphatic rings. The minimum absolute atomic E-state index is 0.270. The number of hydrogen-bond acceptors (Lipinski definition) is 6. The third-order valence-corrected chi connectivity index (χ3v) is 3.74. The highest BCUT2D eigenvalue weighted by Crippen LogP contribution is 2.30. The van der Waals surface area contributed by atoms with Gasteiger partial charge in [-0.05, 0) is 63.1 Å². The second kappa shape index (κ2) is 10.9. The summed E-state index contributed by atoms with van der Waals surface area (Å²) in [6.45, 7) is 7.92. The molecule has 0 bridgehead atoms. The van der Waals surface area contributed by atoms with Crippen LogP contribution in [-0.2, 0) is 14.3 Å². The molecule has 0 heterocycles. The van der Waals surface area contributed by atoms with Gasteiger partial charge in [-0.15, -0.1) is 0 Å². The van der Waals surface area contributed by atoms with Crippen molar-refractivity contribution in [3.8, 4) is 17.2 Å². The summed E-state index contributed by atoms with van der Waals surface area (Å²) < 4.78 is 21.4. The zero-order valence-corrected chi connectivity index (χ0v) is 17.2. The third kappa shape index (κ3) is 7.37. The molecule has 0 aliphatic heterocycles. The van der Waals surface area contributed by atoms with Gasteiger partial charge in [0.05, 0.1) is 13.2 Å². The molecule has 0 radical (unpaired) electrons. The second-order valence-corrected chi connectivity index (χ2v) is 6.35. The Labute approximate surface area is 170 Å². The lowest BCUT2D eigenvalue weighted by atomic mass is 10.1. The lowest BCUT2D eigenvalue weighted by molar-refractivity contribution is -0.149. The number of aryl methyl sites for hydroxylation is 2. The average molecular weight is 401 g/mol. The molecule has 7 nitrogen and oxygen atoms in total. The van der Waals surface area contributed by atoms with E-state index >= 15 is 0 Å². The fourth-order valence-corrected chi connectivity index (χ4v) is 2.67. The lowest BCUT2D eigenvalue weighted by Gasteiger charge is -2.13. The van der Waals surface area contributed by atoms with E-state index in [1.54, 1.807) is 18.2 Å². The molecule has 2 rings (SSSR count). The van der Waals surface area contributed by atoms with Gasteiger partial charge in [0.1, 0.15) is 5.75 Å². The first-order valence-corrected chi connectivity index (χ1v) is 9.47. The molecule has 0 atom stereocenters. The molecular weight excluding hydrogens is 374 g/mol. The van der Waals surface area contributed by atoms with Crippen molar-refractivity contribution in [1.29, 1.82) is 0 Å². The molecule has 156 valence electrons. The number of hydrogen-bond donors (Lipinski definition) is 1. The van der Waals surface area contributed by atoms with Crippen molar-refractivity contribution in [2.24, 2.45) is 0 Å². The molecule has 29 heavy (non-hydrogen) atoms. The molecule has 0 aliphatic carbocycles. The van der Waals surface area contributed by atoms with E-state index in [2.05, 4.69) is 5.32 Å². The molecule has 0 saturated carbocycles. The fraction of sp³-hybridized carbons (Fsp3) is 0.364. The van der Waals surface area contributed by atoms with Crippen LogP contribution in [0.5, 0.6) is 17.2 Å². The van der Waals surface area contributed by atoms with Gasteiger partial charge in [-0.2, -0.15) is 0 Å². The summed E-state index contributed by atoms with van der Waals surface area (Å²) in [4.78, 5) is 23.9. The SMILES string of the molecule is CCOc1ccc(NC(=O)COC(=O)COc2cc(C)cc(C)c2)cc1OCC. The van der Waals surface area contributed by atoms with E-state index in [-0.39, 0.29) is 6.61 Å². The highest BCUT2D eigenvalue weighted by atomic mass is 16.6. The van der Waals surface area contributed by atoms with E-state index in [1.807, 2.05) is 45.9 Å². The van der Waals surface area contributed by atoms with Crippen molar-refractivity contribution in [2.45, 2.75) is 27.7 Å². The maximum atomic E-state index is 12.1. The van der Waals surface area contributed by atoms with Crippen molar-refractivity contribution in [3.63, 3.8) is 0 Å². The van der Waals surface area contributed by atoms with Gasteiger partial charge in [-0.25, -0.2) is 4.79 Å². The van der Waals surface area contributed by atoms with E-state index in [4.69, 9.17) is 18.9 Å². The number of carbonyl (C=O) groups is 2. The highest BCUT2D eigenvalue weighted by molar-refractivity contribution is 5.93. The first-order valence-electron chi connectivity index (χ1n) is 9.47. The maximum absolute atomic E-state index is 12.1. The van der Waals surface area contributed by atoms with Gasteiger partial charge in [0.15, 0.2) is 24.7 Å². The largest absolute Gasteiger partial charge is 0.490 e. The average Bonchev–Trinajstić information content (AvgIpc) is 2.66. The summed E-state index contributed by atoms with van der Waals surface area (Å²) >= 11 is 0. The Morgan fingerprint density at radius 2 is 1.48 bits per heavy atom. The zero-order chi connectivity index (χ0) is 21.2. The predicted molar refractivity (Wildman–Crippen MR) is 110 cm³/mol. The van der Waals surface area contributed by atoms with Gasteiger partial charge in [0, 0.05) is 11.8 Å². The Hall–Kier alpha value is -3.22. The zero-order valence-electron chi connectivity index (χ0n) is 17.2. The lowest BCUT2D eigenvalue weighted by Crippen LogP contribution is -2.23. The topological polar surface area (TPSA) is 83.1 Å². The van der Waals surface area contributed by atoms with E-state index < -0.39 is 18.5 Å². The number of nitrogens with one attached hydrogen (secondary N) is 1. The number of carbonyl (C=O) groups excluding carboxylic acids is 2. The summed E-state index contributed by atoms with van der Waals surface area (Å²) in [5.74, 6) is 0.632. The van der Waals surface area contributed by atoms with E-state index in [0.717, 1.165) is 11.1 Å². The van der Waals surface area contributed by atoms with Crippen LogP contribution in [0, 0.1) is 13.8 Å². The molecule has 0 saturated heterocycles. The van der Waals surface area contributed by atoms with Gasteiger partial charge < -0.3 is 24.3 Å². The monoisotopic (exact) mass is 401 g/mol. The molecule has 2 aromatic rings. The predicted octanol–water partition coefficient (Wildman–Crippen LogP) is 3.66. The van der Waals surface area contributed by atoms with Gasteiger partial charge in [0.2, 0.25) is 0 Å². The van der Waals surface area contributed by atoms with Crippen LogP contribution >= 0.6 is 0 Å². The van der Waals surface area contributed by atoms with Gasteiger partial charge in [-0.1, -0.05) is 6.07 Å². The highest BCUT2D eigenvalue weighted by Gasteiger charge is 2.11. The molecule has 1 N–H and O–H groups in total. The Balaban J connectivity index is 1.82. The third-order valence-electron chi connectivity index (χ3n) is 3.74. The molecule has 0 fully saturated rings. The van der Waals surface area contributed by atoms with Crippen molar-refractivity contribution in [3.05, 3.63) is 47.5 Å². The van der Waals surface area contributed by atoms with Crippen LogP contribution in [0.25, 0.3) is 0 Å². The Morgan fingerprint density at radius 3 is 2.14 bits per heavy atom. The standard InChI is InChI=1S/C22H27NO6/c1-5-26-19-8-7-17(12-20(19)27-6-2)23-21(24)13-29-22(25)14-28-18-10-15(3)9-16(4)11-18/h7-12H,5-6,13-14H2,1-4H3,(H,23,24). The summed E-state index contributed by atoms with van der Waals surface area (Å²) in [5.41, 5.74) is 2.59. The molecule has 2 aromatic carbocycles. The minimum Gasteiger partial charge on any atom is -0.490 e. The molecule has 0 aromatic heterocycles. The molecule has 7 heteroatoms. The Morgan fingerprint density at radius 1 is 0.828 bits per heavy atom. The summed E-state index contributed by atoms with van der Waals surface area (Å²) in [5, 5.41) is 2.66. The van der Waals surface area contributed by atoms with Crippen LogP contribution < -0.4 is 19.5 Å². The summed E-state index contributed by atoms with van der Waals surface area (Å²) in [6, 6.07) is 10.7. The first-order chi connectivity index (χ1) is 13.9. The minimum atomic E-state index is -0.624. The molecule has 0 spiro atoms. The number of benzene rings is 2. The fourth-order valence-electron chi connectivity index (χ4n) is 2.67. The van der Waals surface area contributed by atoms with Gasteiger partial charge in [0.25, 0.3) is 5.91 Å². The molecule has 0 unspecified atom stereocenters. The van der Waals surface area contributed by atoms with Gasteiger partial charge >= 0.3 is 5.97 Å². The normalized spacial score (nSPS) is 10.2. The Bertz CT molecular complexity index is 829. The van der Waals surface area contributed by atoms with Gasteiger partial charge in [-0.3, -0.25) is 4.79 Å². The number of esters is 1. The van der Waals surface area contributed by atoms with Crippen LogP contribution in [0.2, 0.25) is 0 Å². The smallest absolute Gasteiger partial charge is 0.344 e. The van der Waals surface area contributed by atoms with Crippen LogP contribution in [-0.4, -0.2) is 38.3 Å². The van der Waals surface area contributed by atoms with Crippen molar-refractivity contribution in [2.75, 3.05) is 31.7 Å². The Kier molecular flexibility index (Phi) is 8.33. The van der Waals surface area contributed by atoms with E-state index in [0.29, 0.717) is 36.1 Å². The van der Waals surface area contributed by atoms with Crippen LogP contribution in [0.15, 0.2) is 36.4 Å². The van der Waals surface area contributed by atoms with Crippen LogP contribution in [0.4, 0.5) is 5.69 Å². The quantitative estimate of drug-likeness (QED) is 0.612. The number of rotatable bonds is 10. The van der Waals surface area contributed by atoms with Crippen molar-refractivity contribution in [1.82, 2.24) is 0 Å². The first kappa shape index (κ1) is 22.1. The molecular formula is C22H27NO6.